The Balaban J connectivity index is 1.83. The zero-order valence-electron chi connectivity index (χ0n) is 12.4. The van der Waals surface area contributed by atoms with Crippen molar-refractivity contribution in [1.82, 2.24) is 9.80 Å². The van der Waals surface area contributed by atoms with E-state index < -0.39 is 5.97 Å². The number of aliphatic carboxylic acids is 1. The van der Waals surface area contributed by atoms with Crippen molar-refractivity contribution in [2.24, 2.45) is 0 Å². The van der Waals surface area contributed by atoms with Gasteiger partial charge in [-0.2, -0.15) is 0 Å². The molecule has 21 heavy (non-hydrogen) atoms. The molecule has 0 aliphatic carbocycles. The molecule has 1 saturated heterocycles. The van der Waals surface area contributed by atoms with Crippen molar-refractivity contribution in [3.8, 4) is 0 Å². The minimum atomic E-state index is -0.761. The highest BCUT2D eigenvalue weighted by atomic mass is 16.4. The van der Waals surface area contributed by atoms with Crippen LogP contribution in [0.2, 0.25) is 0 Å². The molecule has 0 spiro atoms. The van der Waals surface area contributed by atoms with Gasteiger partial charge in [-0.05, 0) is 31.5 Å². The normalized spacial score (nSPS) is 17.0. The molecule has 1 aromatic carbocycles. The number of carboxylic acids is 1. The van der Waals surface area contributed by atoms with Crippen LogP contribution in [0.25, 0.3) is 0 Å². The third kappa shape index (κ3) is 4.99. The molecule has 0 saturated carbocycles. The standard InChI is InChI=1S/C17H24N2O2/c1-2-10-19(14-17(20)21)16-8-11-18(12-9-16)13-15-6-4-3-5-7-15/h2-7,16H,1,8-14H2,(H,20,21). The summed E-state index contributed by atoms with van der Waals surface area (Å²) in [5.41, 5.74) is 1.34. The van der Waals surface area contributed by atoms with Gasteiger partial charge in [-0.15, -0.1) is 6.58 Å². The van der Waals surface area contributed by atoms with E-state index in [4.69, 9.17) is 5.11 Å². The number of piperidine rings is 1. The summed E-state index contributed by atoms with van der Waals surface area (Å²) in [6, 6.07) is 10.8. The molecule has 1 heterocycles. The number of carbonyl (C=O) groups is 1. The van der Waals surface area contributed by atoms with E-state index >= 15 is 0 Å². The molecular weight excluding hydrogens is 264 g/mol. The molecule has 4 heteroatoms. The molecule has 1 N–H and O–H groups in total. The maximum Gasteiger partial charge on any atom is 0.317 e. The monoisotopic (exact) mass is 288 g/mol. The van der Waals surface area contributed by atoms with Crippen LogP contribution in [0, 0.1) is 0 Å². The largest absolute Gasteiger partial charge is 0.480 e. The van der Waals surface area contributed by atoms with Gasteiger partial charge in [0.1, 0.15) is 0 Å². The smallest absolute Gasteiger partial charge is 0.317 e. The van der Waals surface area contributed by atoms with Crippen molar-refractivity contribution in [3.63, 3.8) is 0 Å². The molecule has 0 aromatic heterocycles. The van der Waals surface area contributed by atoms with Crippen LogP contribution in [0.15, 0.2) is 43.0 Å². The zero-order chi connectivity index (χ0) is 15.1. The van der Waals surface area contributed by atoms with Crippen LogP contribution in [0.3, 0.4) is 0 Å². The fourth-order valence-corrected chi connectivity index (χ4v) is 2.97. The average molecular weight is 288 g/mol. The number of rotatable bonds is 7. The topological polar surface area (TPSA) is 43.8 Å². The number of likely N-dealkylation sites (tertiary alicyclic amines) is 1. The van der Waals surface area contributed by atoms with Crippen LogP contribution in [0.1, 0.15) is 18.4 Å². The summed E-state index contributed by atoms with van der Waals surface area (Å²) >= 11 is 0. The van der Waals surface area contributed by atoms with Crippen molar-refractivity contribution < 1.29 is 9.90 Å². The van der Waals surface area contributed by atoms with E-state index in [1.54, 1.807) is 6.08 Å². The number of hydrogen-bond donors (Lipinski definition) is 1. The number of hydrogen-bond acceptors (Lipinski definition) is 3. The van der Waals surface area contributed by atoms with Gasteiger partial charge in [0.2, 0.25) is 0 Å². The summed E-state index contributed by atoms with van der Waals surface area (Å²) in [5, 5.41) is 9.00. The van der Waals surface area contributed by atoms with E-state index in [0.717, 1.165) is 32.5 Å². The van der Waals surface area contributed by atoms with Crippen LogP contribution in [0.5, 0.6) is 0 Å². The fraction of sp³-hybridized carbons (Fsp3) is 0.471. The summed E-state index contributed by atoms with van der Waals surface area (Å²) in [4.78, 5) is 15.4. The quantitative estimate of drug-likeness (QED) is 0.781. The van der Waals surface area contributed by atoms with Gasteiger partial charge in [0.15, 0.2) is 0 Å². The zero-order valence-corrected chi connectivity index (χ0v) is 12.4. The van der Waals surface area contributed by atoms with Crippen molar-refractivity contribution in [3.05, 3.63) is 48.6 Å². The van der Waals surface area contributed by atoms with E-state index in [2.05, 4.69) is 35.7 Å². The predicted octanol–water partition coefficient (Wildman–Crippen LogP) is 2.22. The number of benzene rings is 1. The number of nitrogens with zero attached hydrogens (tertiary/aromatic N) is 2. The highest BCUT2D eigenvalue weighted by Crippen LogP contribution is 2.18. The Kier molecular flexibility index (Phi) is 5.96. The second kappa shape index (κ2) is 7.96. The summed E-state index contributed by atoms with van der Waals surface area (Å²) in [6.07, 6.45) is 3.83. The summed E-state index contributed by atoms with van der Waals surface area (Å²) in [6.45, 7) is 7.50. The molecule has 0 unspecified atom stereocenters. The Bertz CT molecular complexity index is 453. The Morgan fingerprint density at radius 3 is 2.57 bits per heavy atom. The number of carboxylic acid groups (broad SMARTS) is 1. The van der Waals surface area contributed by atoms with Crippen molar-refractivity contribution >= 4 is 5.97 Å². The Labute approximate surface area is 126 Å². The maximum absolute atomic E-state index is 10.9. The first-order valence-electron chi connectivity index (χ1n) is 7.52. The molecule has 0 radical (unpaired) electrons. The lowest BCUT2D eigenvalue weighted by Gasteiger charge is -2.37. The summed E-state index contributed by atoms with van der Waals surface area (Å²) < 4.78 is 0. The second-order valence-electron chi connectivity index (χ2n) is 5.60. The van der Waals surface area contributed by atoms with E-state index in [9.17, 15) is 4.79 Å². The van der Waals surface area contributed by atoms with Crippen molar-refractivity contribution in [1.29, 1.82) is 0 Å². The third-order valence-corrected chi connectivity index (χ3v) is 4.02. The lowest BCUT2D eigenvalue weighted by atomic mass is 10.0. The molecule has 0 amide bonds. The van der Waals surface area contributed by atoms with E-state index in [-0.39, 0.29) is 6.54 Å². The Morgan fingerprint density at radius 1 is 1.33 bits per heavy atom. The highest BCUT2D eigenvalue weighted by molar-refractivity contribution is 5.69. The van der Waals surface area contributed by atoms with Gasteiger partial charge in [-0.25, -0.2) is 0 Å². The molecule has 1 aromatic rings. The highest BCUT2D eigenvalue weighted by Gasteiger charge is 2.25. The molecule has 0 bridgehead atoms. The average Bonchev–Trinajstić information content (AvgIpc) is 2.48. The first kappa shape index (κ1) is 15.7. The summed E-state index contributed by atoms with van der Waals surface area (Å²) in [5.74, 6) is -0.761. The maximum atomic E-state index is 10.9. The van der Waals surface area contributed by atoms with Gasteiger partial charge < -0.3 is 5.11 Å². The predicted molar refractivity (Wildman–Crippen MR) is 84.1 cm³/mol. The fourth-order valence-electron chi connectivity index (χ4n) is 2.97. The van der Waals surface area contributed by atoms with Gasteiger partial charge in [0.25, 0.3) is 0 Å². The van der Waals surface area contributed by atoms with Gasteiger partial charge in [-0.3, -0.25) is 14.6 Å². The lowest BCUT2D eigenvalue weighted by Crippen LogP contribution is -2.46. The third-order valence-electron chi connectivity index (χ3n) is 4.02. The minimum Gasteiger partial charge on any atom is -0.480 e. The Morgan fingerprint density at radius 2 is 2.00 bits per heavy atom. The summed E-state index contributed by atoms with van der Waals surface area (Å²) in [7, 11) is 0. The van der Waals surface area contributed by atoms with Crippen molar-refractivity contribution in [2.45, 2.75) is 25.4 Å². The van der Waals surface area contributed by atoms with Crippen LogP contribution in [0.4, 0.5) is 0 Å². The van der Waals surface area contributed by atoms with Gasteiger partial charge in [-0.1, -0.05) is 36.4 Å². The van der Waals surface area contributed by atoms with Crippen LogP contribution < -0.4 is 0 Å². The van der Waals surface area contributed by atoms with Gasteiger partial charge in [0.05, 0.1) is 6.54 Å². The first-order valence-corrected chi connectivity index (χ1v) is 7.52. The van der Waals surface area contributed by atoms with E-state index in [1.807, 2.05) is 11.0 Å². The molecule has 4 nitrogen and oxygen atoms in total. The van der Waals surface area contributed by atoms with E-state index in [0.29, 0.717) is 12.6 Å². The van der Waals surface area contributed by atoms with Gasteiger partial charge in [0, 0.05) is 19.1 Å². The van der Waals surface area contributed by atoms with Crippen LogP contribution >= 0.6 is 0 Å². The van der Waals surface area contributed by atoms with E-state index in [1.165, 1.54) is 5.56 Å². The molecule has 1 aliphatic rings. The molecule has 0 atom stereocenters. The molecule has 2 rings (SSSR count). The molecular formula is C17H24N2O2. The van der Waals surface area contributed by atoms with Crippen LogP contribution in [-0.4, -0.2) is 53.1 Å². The van der Waals surface area contributed by atoms with Crippen LogP contribution in [-0.2, 0) is 11.3 Å². The SMILES string of the molecule is C=CCN(CC(=O)O)C1CCN(Cc2ccccc2)CC1. The first-order chi connectivity index (χ1) is 10.2. The molecule has 114 valence electrons. The minimum absolute atomic E-state index is 0.107. The van der Waals surface area contributed by atoms with Crippen molar-refractivity contribution in [2.75, 3.05) is 26.2 Å². The van der Waals surface area contributed by atoms with Gasteiger partial charge >= 0.3 is 5.97 Å². The molecule has 1 aliphatic heterocycles. The lowest BCUT2D eigenvalue weighted by molar-refractivity contribution is -0.139. The second-order valence-corrected chi connectivity index (χ2v) is 5.60. The molecule has 1 fully saturated rings. The Hall–Kier alpha value is -1.65.